The van der Waals surface area contributed by atoms with E-state index in [1.54, 1.807) is 0 Å². The van der Waals surface area contributed by atoms with Crippen molar-refractivity contribution in [1.82, 2.24) is 10.4 Å². The van der Waals surface area contributed by atoms with E-state index >= 15 is 0 Å². The minimum atomic E-state index is -0.611. The van der Waals surface area contributed by atoms with Crippen LogP contribution >= 0.6 is 0 Å². The van der Waals surface area contributed by atoms with Crippen LogP contribution in [0.3, 0.4) is 0 Å². The van der Waals surface area contributed by atoms with E-state index in [1.165, 1.54) is 19.2 Å². The lowest BCUT2D eigenvalue weighted by atomic mass is 10.1. The Labute approximate surface area is 89.8 Å². The second-order valence-electron chi connectivity index (χ2n) is 3.16. The summed E-state index contributed by atoms with van der Waals surface area (Å²) >= 11 is 0. The molecule has 1 aliphatic heterocycles. The molecule has 0 bridgehead atoms. The molecule has 1 aromatic carbocycles. The van der Waals surface area contributed by atoms with Crippen LogP contribution < -0.4 is 5.43 Å². The van der Waals surface area contributed by atoms with E-state index in [9.17, 15) is 19.7 Å². The Hall–Kier alpha value is -2.28. The van der Waals surface area contributed by atoms with Crippen molar-refractivity contribution < 1.29 is 14.5 Å². The molecular formula is C9H7N3O4. The monoisotopic (exact) mass is 221 g/mol. The highest BCUT2D eigenvalue weighted by Crippen LogP contribution is 2.25. The van der Waals surface area contributed by atoms with Crippen LogP contribution in [0.1, 0.15) is 20.7 Å². The highest BCUT2D eigenvalue weighted by molar-refractivity contribution is 6.21. The molecule has 1 aromatic rings. The zero-order valence-corrected chi connectivity index (χ0v) is 8.26. The van der Waals surface area contributed by atoms with Crippen molar-refractivity contribution in [3.8, 4) is 0 Å². The number of nitro groups is 1. The van der Waals surface area contributed by atoms with Gasteiger partial charge in [-0.3, -0.25) is 19.7 Å². The fraction of sp³-hybridized carbons (Fsp3) is 0.111. The van der Waals surface area contributed by atoms with E-state index in [1.807, 2.05) is 0 Å². The van der Waals surface area contributed by atoms with Crippen LogP contribution in [0.4, 0.5) is 5.69 Å². The van der Waals surface area contributed by atoms with Gasteiger partial charge in [0.05, 0.1) is 16.1 Å². The van der Waals surface area contributed by atoms with Gasteiger partial charge in [-0.05, 0) is 6.07 Å². The molecule has 82 valence electrons. The molecule has 0 aromatic heterocycles. The standard InChI is InChI=1S/C9H7N3O4/c1-10-11-8(13)6-3-2-5(12(15)16)4-7(6)9(11)14/h2-4,10H,1H3. The quantitative estimate of drug-likeness (QED) is 0.441. The van der Waals surface area contributed by atoms with E-state index in [4.69, 9.17) is 0 Å². The van der Waals surface area contributed by atoms with E-state index in [-0.39, 0.29) is 16.8 Å². The van der Waals surface area contributed by atoms with Crippen LogP contribution in [0.5, 0.6) is 0 Å². The molecule has 7 nitrogen and oxygen atoms in total. The molecule has 1 N–H and O–H groups in total. The maximum absolute atomic E-state index is 11.6. The van der Waals surface area contributed by atoms with Gasteiger partial charge in [0.1, 0.15) is 0 Å². The van der Waals surface area contributed by atoms with Crippen molar-refractivity contribution in [2.24, 2.45) is 0 Å². The smallest absolute Gasteiger partial charge is 0.267 e. The first kappa shape index (κ1) is 10.2. The predicted octanol–water partition coefficient (Wildman–Crippen LogP) is 0.325. The Bertz CT molecular complexity index is 511. The molecule has 7 heteroatoms. The summed E-state index contributed by atoms with van der Waals surface area (Å²) < 4.78 is 0. The van der Waals surface area contributed by atoms with Crippen molar-refractivity contribution >= 4 is 17.5 Å². The average Bonchev–Trinajstić information content (AvgIpc) is 2.51. The third-order valence-corrected chi connectivity index (χ3v) is 2.30. The first-order valence-electron chi connectivity index (χ1n) is 4.41. The van der Waals surface area contributed by atoms with Crippen molar-refractivity contribution in [2.75, 3.05) is 7.05 Å². The molecule has 0 aliphatic carbocycles. The fourth-order valence-electron chi connectivity index (χ4n) is 1.55. The minimum absolute atomic E-state index is 0.0496. The van der Waals surface area contributed by atoms with E-state index < -0.39 is 16.7 Å². The number of fused-ring (bicyclic) bond motifs is 1. The third kappa shape index (κ3) is 1.26. The van der Waals surface area contributed by atoms with Crippen molar-refractivity contribution in [1.29, 1.82) is 0 Å². The summed E-state index contributed by atoms with van der Waals surface area (Å²) in [5.41, 5.74) is 2.43. The minimum Gasteiger partial charge on any atom is -0.267 e. The molecular weight excluding hydrogens is 214 g/mol. The first-order valence-corrected chi connectivity index (χ1v) is 4.41. The normalized spacial score (nSPS) is 14.2. The zero-order valence-electron chi connectivity index (χ0n) is 8.26. The SMILES string of the molecule is CNN1C(=O)c2ccc([N+](=O)[O-])cc2C1=O. The average molecular weight is 221 g/mol. The summed E-state index contributed by atoms with van der Waals surface area (Å²) in [7, 11) is 1.43. The summed E-state index contributed by atoms with van der Waals surface area (Å²) in [5.74, 6) is -1.08. The summed E-state index contributed by atoms with van der Waals surface area (Å²) in [6.45, 7) is 0. The molecule has 0 radical (unpaired) electrons. The number of amides is 2. The highest BCUT2D eigenvalue weighted by Gasteiger charge is 2.36. The van der Waals surface area contributed by atoms with Crippen LogP contribution in [-0.2, 0) is 0 Å². The van der Waals surface area contributed by atoms with Gasteiger partial charge in [-0.2, -0.15) is 0 Å². The number of rotatable bonds is 2. The lowest BCUT2D eigenvalue weighted by Crippen LogP contribution is -2.39. The van der Waals surface area contributed by atoms with Gasteiger partial charge in [0, 0.05) is 19.2 Å². The third-order valence-electron chi connectivity index (χ3n) is 2.30. The summed E-state index contributed by atoms with van der Waals surface area (Å²) in [6, 6.07) is 3.58. The van der Waals surface area contributed by atoms with Gasteiger partial charge in [0.15, 0.2) is 0 Å². The summed E-state index contributed by atoms with van der Waals surface area (Å²) in [6.07, 6.45) is 0. The molecule has 0 atom stereocenters. The topological polar surface area (TPSA) is 92.6 Å². The lowest BCUT2D eigenvalue weighted by Gasteiger charge is -2.09. The number of hydrogen-bond donors (Lipinski definition) is 1. The first-order chi connectivity index (χ1) is 7.56. The van der Waals surface area contributed by atoms with Crippen molar-refractivity contribution in [2.45, 2.75) is 0 Å². The Morgan fingerprint density at radius 2 is 1.88 bits per heavy atom. The fourth-order valence-corrected chi connectivity index (χ4v) is 1.55. The zero-order chi connectivity index (χ0) is 11.9. The Morgan fingerprint density at radius 1 is 1.25 bits per heavy atom. The lowest BCUT2D eigenvalue weighted by molar-refractivity contribution is -0.384. The van der Waals surface area contributed by atoms with Crippen LogP contribution in [0.2, 0.25) is 0 Å². The summed E-state index contributed by atoms with van der Waals surface area (Å²) in [5, 5.41) is 11.3. The molecule has 0 unspecified atom stereocenters. The van der Waals surface area contributed by atoms with Crippen LogP contribution in [0.15, 0.2) is 18.2 Å². The number of nitrogens with one attached hydrogen (secondary N) is 1. The van der Waals surface area contributed by atoms with Crippen LogP contribution in [0.25, 0.3) is 0 Å². The van der Waals surface area contributed by atoms with Crippen molar-refractivity contribution in [3.63, 3.8) is 0 Å². The molecule has 1 aliphatic rings. The van der Waals surface area contributed by atoms with Gasteiger partial charge in [-0.15, -0.1) is 0 Å². The van der Waals surface area contributed by atoms with Gasteiger partial charge in [0.25, 0.3) is 17.5 Å². The number of nitrogens with zero attached hydrogens (tertiary/aromatic N) is 2. The molecule has 0 saturated carbocycles. The molecule has 0 saturated heterocycles. The van der Waals surface area contributed by atoms with Crippen LogP contribution in [-0.4, -0.2) is 28.8 Å². The number of benzene rings is 1. The Morgan fingerprint density at radius 3 is 2.44 bits per heavy atom. The summed E-state index contributed by atoms with van der Waals surface area (Å²) in [4.78, 5) is 33.1. The number of non-ortho nitro benzene ring substituents is 1. The largest absolute Gasteiger partial charge is 0.276 e. The van der Waals surface area contributed by atoms with E-state index in [0.717, 1.165) is 11.1 Å². The molecule has 0 fully saturated rings. The van der Waals surface area contributed by atoms with Gasteiger partial charge < -0.3 is 0 Å². The molecule has 0 spiro atoms. The number of hydrogen-bond acceptors (Lipinski definition) is 5. The van der Waals surface area contributed by atoms with Gasteiger partial charge in [0.2, 0.25) is 0 Å². The van der Waals surface area contributed by atoms with Gasteiger partial charge in [-0.1, -0.05) is 0 Å². The van der Waals surface area contributed by atoms with E-state index in [0.29, 0.717) is 0 Å². The Kier molecular flexibility index (Phi) is 2.17. The predicted molar refractivity (Wildman–Crippen MR) is 52.7 cm³/mol. The number of imide groups is 1. The van der Waals surface area contributed by atoms with Crippen molar-refractivity contribution in [3.05, 3.63) is 39.4 Å². The molecule has 2 rings (SSSR count). The highest BCUT2D eigenvalue weighted by atomic mass is 16.6. The number of nitro benzene ring substituents is 1. The second kappa shape index (κ2) is 3.38. The molecule has 2 amide bonds. The number of hydrazine groups is 1. The van der Waals surface area contributed by atoms with Gasteiger partial charge >= 0.3 is 0 Å². The maximum atomic E-state index is 11.6. The number of carbonyl (C=O) groups excluding carboxylic acids is 2. The second-order valence-corrected chi connectivity index (χ2v) is 3.16. The molecule has 1 heterocycles. The van der Waals surface area contributed by atoms with Gasteiger partial charge in [-0.25, -0.2) is 10.4 Å². The maximum Gasteiger partial charge on any atom is 0.276 e. The van der Waals surface area contributed by atoms with Crippen LogP contribution in [0, 0.1) is 10.1 Å². The molecule has 16 heavy (non-hydrogen) atoms. The van der Waals surface area contributed by atoms with E-state index in [2.05, 4.69) is 5.43 Å². The Balaban J connectivity index is 2.56. The number of carbonyl (C=O) groups is 2.